The molecule has 4 aliphatic rings. The third-order valence-electron chi connectivity index (χ3n) is 7.39. The maximum atomic E-state index is 14.8. The molecule has 7 rings (SSSR count). The zero-order chi connectivity index (χ0) is 23.6. The largest absolute Gasteiger partial charge is 0.478 e. The van der Waals surface area contributed by atoms with Crippen LogP contribution >= 0.6 is 0 Å². The Kier molecular flexibility index (Phi) is 4.58. The standard InChI is InChI=1S/C23H27FN8O2/c1-4-19(33)26-15-11-31(9-14(15)24)18-12-32-17(23-5-13(6-23)7-23)8-25-21(32)20(28-18)27-16-10-30(2)29-22(16)34-3/h4,8,10,12-15H,1,5-7,9,11H2,2-3H3,(H,26,33)(H,27,28). The fourth-order valence-electron chi connectivity index (χ4n) is 5.56. The lowest BCUT2D eigenvalue weighted by Gasteiger charge is -2.61. The molecule has 3 saturated carbocycles. The summed E-state index contributed by atoms with van der Waals surface area (Å²) in [6.07, 6.45) is 9.19. The Bertz CT molecular complexity index is 1280. The number of imidazole rings is 1. The molecule has 4 fully saturated rings. The van der Waals surface area contributed by atoms with E-state index in [9.17, 15) is 9.18 Å². The minimum absolute atomic E-state index is 0.132. The fourth-order valence-corrected chi connectivity index (χ4v) is 5.56. The highest BCUT2D eigenvalue weighted by Crippen LogP contribution is 2.65. The van der Waals surface area contributed by atoms with Crippen molar-refractivity contribution in [3.05, 3.63) is 36.9 Å². The normalized spacial score (nSPS) is 27.3. The van der Waals surface area contributed by atoms with Crippen LogP contribution in [-0.2, 0) is 17.3 Å². The molecule has 34 heavy (non-hydrogen) atoms. The molecular formula is C23H27FN8O2. The van der Waals surface area contributed by atoms with E-state index in [0.29, 0.717) is 35.4 Å². The first-order chi connectivity index (χ1) is 16.4. The van der Waals surface area contributed by atoms with Crippen LogP contribution in [0.25, 0.3) is 5.65 Å². The zero-order valence-corrected chi connectivity index (χ0v) is 19.2. The van der Waals surface area contributed by atoms with Crippen molar-refractivity contribution in [3.8, 4) is 5.88 Å². The van der Waals surface area contributed by atoms with Gasteiger partial charge in [0.1, 0.15) is 17.7 Å². The van der Waals surface area contributed by atoms with Gasteiger partial charge < -0.3 is 20.3 Å². The van der Waals surface area contributed by atoms with Crippen LogP contribution in [0, 0.1) is 5.92 Å². The van der Waals surface area contributed by atoms with Crippen LogP contribution < -0.4 is 20.3 Å². The highest BCUT2D eigenvalue weighted by molar-refractivity contribution is 5.87. The topological polar surface area (TPSA) is 102 Å². The van der Waals surface area contributed by atoms with Crippen LogP contribution in [0.5, 0.6) is 5.88 Å². The van der Waals surface area contributed by atoms with Gasteiger partial charge in [0, 0.05) is 30.9 Å². The summed E-state index contributed by atoms with van der Waals surface area (Å²) in [5.41, 5.74) is 2.71. The van der Waals surface area contributed by atoms with Crippen molar-refractivity contribution in [2.24, 2.45) is 13.0 Å². The van der Waals surface area contributed by atoms with Gasteiger partial charge in [-0.2, -0.15) is 0 Å². The summed E-state index contributed by atoms with van der Waals surface area (Å²) in [6, 6.07) is -0.627. The van der Waals surface area contributed by atoms with Gasteiger partial charge in [0.05, 0.1) is 32.1 Å². The monoisotopic (exact) mass is 466 g/mol. The molecule has 11 heteroatoms. The van der Waals surface area contributed by atoms with Gasteiger partial charge in [-0.15, -0.1) is 5.10 Å². The van der Waals surface area contributed by atoms with Gasteiger partial charge in [-0.1, -0.05) is 6.58 Å². The van der Waals surface area contributed by atoms with E-state index in [1.165, 1.54) is 25.0 Å². The minimum atomic E-state index is -1.21. The Hall–Kier alpha value is -3.63. The number of fused-ring (bicyclic) bond motifs is 1. The summed E-state index contributed by atoms with van der Waals surface area (Å²) in [5.74, 6) is 2.03. The Balaban J connectivity index is 1.40. The fraction of sp³-hybridized carbons (Fsp3) is 0.478. The van der Waals surface area contributed by atoms with Crippen LogP contribution in [0.15, 0.2) is 31.2 Å². The molecule has 3 aromatic heterocycles. The molecule has 0 spiro atoms. The van der Waals surface area contributed by atoms with Gasteiger partial charge in [0.2, 0.25) is 5.91 Å². The van der Waals surface area contributed by atoms with Gasteiger partial charge in [0.15, 0.2) is 11.5 Å². The van der Waals surface area contributed by atoms with Crippen molar-refractivity contribution in [3.63, 3.8) is 0 Å². The molecule has 0 aromatic carbocycles. The second-order valence-corrected chi connectivity index (χ2v) is 9.63. The van der Waals surface area contributed by atoms with Gasteiger partial charge in [0.25, 0.3) is 5.88 Å². The second-order valence-electron chi connectivity index (χ2n) is 9.63. The van der Waals surface area contributed by atoms with E-state index < -0.39 is 12.2 Å². The van der Waals surface area contributed by atoms with E-state index >= 15 is 0 Å². The van der Waals surface area contributed by atoms with Gasteiger partial charge in [-0.3, -0.25) is 13.9 Å². The number of rotatable bonds is 7. The van der Waals surface area contributed by atoms with E-state index in [1.807, 2.05) is 30.5 Å². The highest BCUT2D eigenvalue weighted by Gasteiger charge is 2.58. The van der Waals surface area contributed by atoms with Gasteiger partial charge in [-0.05, 0) is 31.3 Å². The summed E-state index contributed by atoms with van der Waals surface area (Å²) in [7, 11) is 3.37. The Morgan fingerprint density at radius 2 is 2.12 bits per heavy atom. The number of halogens is 1. The minimum Gasteiger partial charge on any atom is -0.478 e. The number of carbonyl (C=O) groups excluding carboxylic acids is 1. The summed E-state index contributed by atoms with van der Waals surface area (Å²) < 4.78 is 23.9. The average molecular weight is 467 g/mol. The first-order valence-corrected chi connectivity index (χ1v) is 11.4. The molecule has 3 aromatic rings. The number of hydrogen-bond acceptors (Lipinski definition) is 7. The predicted octanol–water partition coefficient (Wildman–Crippen LogP) is 2.10. The summed E-state index contributed by atoms with van der Waals surface area (Å²) in [5, 5.41) is 10.3. The maximum Gasteiger partial charge on any atom is 0.256 e. The predicted molar refractivity (Wildman–Crippen MR) is 124 cm³/mol. The number of anilines is 3. The molecule has 1 saturated heterocycles. The number of nitrogens with zero attached hydrogens (tertiary/aromatic N) is 6. The molecule has 2 unspecified atom stereocenters. The molecule has 4 heterocycles. The molecular weight excluding hydrogens is 439 g/mol. The summed E-state index contributed by atoms with van der Waals surface area (Å²) in [4.78, 5) is 23.1. The first kappa shape index (κ1) is 20.9. The molecule has 2 bridgehead atoms. The molecule has 3 aliphatic carbocycles. The molecule has 0 radical (unpaired) electrons. The molecule has 1 amide bonds. The number of ether oxygens (including phenoxy) is 1. The van der Waals surface area contributed by atoms with Crippen LogP contribution in [0.1, 0.15) is 25.0 Å². The Morgan fingerprint density at radius 3 is 2.79 bits per heavy atom. The van der Waals surface area contributed by atoms with Crippen molar-refractivity contribution in [2.75, 3.05) is 30.4 Å². The van der Waals surface area contributed by atoms with Gasteiger partial charge in [-0.25, -0.2) is 14.4 Å². The lowest BCUT2D eigenvalue weighted by molar-refractivity contribution is -0.117. The van der Waals surface area contributed by atoms with Crippen molar-refractivity contribution < 1.29 is 13.9 Å². The SMILES string of the molecule is C=CC(=O)NC1CN(c2cn3c(C45CC(C4)C5)cnc3c(Nc3cn(C)nc3OC)n2)CC1F. The number of aryl methyl sites for hydroxylation is 1. The lowest BCUT2D eigenvalue weighted by Crippen LogP contribution is -2.55. The number of nitrogens with one attached hydrogen (secondary N) is 2. The number of hydrogen-bond donors (Lipinski definition) is 2. The summed E-state index contributed by atoms with van der Waals surface area (Å²) >= 11 is 0. The van der Waals surface area contributed by atoms with Crippen LogP contribution in [-0.4, -0.2) is 62.5 Å². The molecule has 178 valence electrons. The third kappa shape index (κ3) is 3.13. The quantitative estimate of drug-likeness (QED) is 0.514. The first-order valence-electron chi connectivity index (χ1n) is 11.4. The molecule has 10 nitrogen and oxygen atoms in total. The third-order valence-corrected chi connectivity index (χ3v) is 7.39. The number of alkyl halides is 1. The van der Waals surface area contributed by atoms with Gasteiger partial charge >= 0.3 is 0 Å². The lowest BCUT2D eigenvalue weighted by atomic mass is 9.43. The summed E-state index contributed by atoms with van der Waals surface area (Å²) in [6.45, 7) is 3.90. The maximum absolute atomic E-state index is 14.8. The van der Waals surface area contributed by atoms with Crippen LogP contribution in [0.4, 0.5) is 21.7 Å². The number of carbonyl (C=O) groups is 1. The second kappa shape index (κ2) is 7.44. The van der Waals surface area contributed by atoms with E-state index in [2.05, 4.69) is 26.7 Å². The molecule has 2 atom stereocenters. The molecule has 2 N–H and O–H groups in total. The average Bonchev–Trinajstić information content (AvgIpc) is 3.43. The number of amides is 1. The van der Waals surface area contributed by atoms with Crippen molar-refractivity contribution in [1.29, 1.82) is 0 Å². The number of methoxy groups -OCH3 is 1. The van der Waals surface area contributed by atoms with Crippen molar-refractivity contribution >= 4 is 28.9 Å². The highest BCUT2D eigenvalue weighted by atomic mass is 19.1. The van der Waals surface area contributed by atoms with Crippen LogP contribution in [0.3, 0.4) is 0 Å². The number of aromatic nitrogens is 5. The van der Waals surface area contributed by atoms with E-state index in [1.54, 1.807) is 11.8 Å². The smallest absolute Gasteiger partial charge is 0.256 e. The van der Waals surface area contributed by atoms with Crippen molar-refractivity contribution in [1.82, 2.24) is 29.5 Å². The van der Waals surface area contributed by atoms with Crippen LogP contribution in [0.2, 0.25) is 0 Å². The zero-order valence-electron chi connectivity index (χ0n) is 19.2. The van der Waals surface area contributed by atoms with E-state index in [-0.39, 0.29) is 17.9 Å². The molecule has 1 aliphatic heterocycles. The Morgan fingerprint density at radius 1 is 1.32 bits per heavy atom. The Labute approximate surface area is 195 Å². The van der Waals surface area contributed by atoms with Crippen molar-refractivity contribution in [2.45, 2.75) is 36.9 Å². The van der Waals surface area contributed by atoms with E-state index in [4.69, 9.17) is 14.7 Å². The van der Waals surface area contributed by atoms with E-state index in [0.717, 1.165) is 12.0 Å².